The number of aromatic nitrogens is 2. The SMILES string of the molecule is CCCn1cc(C=CCCl)cn1. The molecular weight excluding hydrogens is 172 g/mol. The Hall–Kier alpha value is -0.760. The number of allylic oxidation sites excluding steroid dienone is 1. The molecule has 12 heavy (non-hydrogen) atoms. The largest absolute Gasteiger partial charge is 0.272 e. The summed E-state index contributed by atoms with van der Waals surface area (Å²) >= 11 is 5.51. The molecule has 3 heteroatoms. The van der Waals surface area contributed by atoms with Crippen molar-refractivity contribution >= 4 is 17.7 Å². The predicted molar refractivity (Wildman–Crippen MR) is 52.3 cm³/mol. The van der Waals surface area contributed by atoms with Gasteiger partial charge in [-0.25, -0.2) is 0 Å². The summed E-state index contributed by atoms with van der Waals surface area (Å²) in [6.07, 6.45) is 8.87. The highest BCUT2D eigenvalue weighted by molar-refractivity contribution is 6.19. The first kappa shape index (κ1) is 9.33. The molecule has 0 bridgehead atoms. The first-order valence-corrected chi connectivity index (χ1v) is 4.65. The summed E-state index contributed by atoms with van der Waals surface area (Å²) in [5, 5.41) is 4.18. The zero-order valence-corrected chi connectivity index (χ0v) is 7.96. The average Bonchev–Trinajstić information content (AvgIpc) is 2.50. The van der Waals surface area contributed by atoms with Crippen LogP contribution in [0.25, 0.3) is 6.08 Å². The number of alkyl halides is 1. The molecule has 1 rings (SSSR count). The maximum atomic E-state index is 5.51. The zero-order valence-electron chi connectivity index (χ0n) is 7.20. The fourth-order valence-electron chi connectivity index (χ4n) is 0.998. The van der Waals surface area contributed by atoms with Crippen molar-refractivity contribution in [2.75, 3.05) is 5.88 Å². The molecule has 1 aromatic rings. The van der Waals surface area contributed by atoms with Gasteiger partial charge in [0.2, 0.25) is 0 Å². The van der Waals surface area contributed by atoms with E-state index in [4.69, 9.17) is 11.6 Å². The summed E-state index contributed by atoms with van der Waals surface area (Å²) in [4.78, 5) is 0. The van der Waals surface area contributed by atoms with Gasteiger partial charge >= 0.3 is 0 Å². The summed E-state index contributed by atoms with van der Waals surface area (Å²) in [6.45, 7) is 3.12. The van der Waals surface area contributed by atoms with Crippen molar-refractivity contribution < 1.29 is 0 Å². The van der Waals surface area contributed by atoms with Gasteiger partial charge in [0.1, 0.15) is 0 Å². The van der Waals surface area contributed by atoms with E-state index in [1.807, 2.05) is 29.2 Å². The Morgan fingerprint density at radius 3 is 3.17 bits per heavy atom. The molecule has 0 aliphatic rings. The lowest BCUT2D eigenvalue weighted by Crippen LogP contribution is -1.95. The van der Waals surface area contributed by atoms with Gasteiger partial charge in [-0.2, -0.15) is 5.10 Å². The Bertz CT molecular complexity index is 253. The van der Waals surface area contributed by atoms with Gasteiger partial charge in [-0.05, 0) is 6.42 Å². The van der Waals surface area contributed by atoms with Gasteiger partial charge < -0.3 is 0 Å². The van der Waals surface area contributed by atoms with Crippen molar-refractivity contribution in [2.24, 2.45) is 0 Å². The van der Waals surface area contributed by atoms with Crippen LogP contribution < -0.4 is 0 Å². The van der Waals surface area contributed by atoms with E-state index in [2.05, 4.69) is 12.0 Å². The molecule has 0 saturated carbocycles. The van der Waals surface area contributed by atoms with Gasteiger partial charge in [-0.1, -0.05) is 19.1 Å². The predicted octanol–water partition coefficient (Wildman–Crippen LogP) is 2.55. The van der Waals surface area contributed by atoms with Crippen molar-refractivity contribution in [3.05, 3.63) is 24.0 Å². The molecule has 0 amide bonds. The van der Waals surface area contributed by atoms with E-state index in [0.29, 0.717) is 5.88 Å². The highest BCUT2D eigenvalue weighted by atomic mass is 35.5. The van der Waals surface area contributed by atoms with Crippen molar-refractivity contribution in [1.82, 2.24) is 9.78 Å². The average molecular weight is 185 g/mol. The zero-order chi connectivity index (χ0) is 8.81. The van der Waals surface area contributed by atoms with Crippen LogP contribution in [0.1, 0.15) is 18.9 Å². The smallest absolute Gasteiger partial charge is 0.0562 e. The molecule has 0 unspecified atom stereocenters. The van der Waals surface area contributed by atoms with Crippen molar-refractivity contribution in [2.45, 2.75) is 19.9 Å². The summed E-state index contributed by atoms with van der Waals surface area (Å²) in [5.41, 5.74) is 1.11. The molecular formula is C9H13ClN2. The third-order valence-corrected chi connectivity index (χ3v) is 1.68. The number of halogens is 1. The van der Waals surface area contributed by atoms with E-state index in [9.17, 15) is 0 Å². The topological polar surface area (TPSA) is 17.8 Å². The monoisotopic (exact) mass is 184 g/mol. The highest BCUT2D eigenvalue weighted by Gasteiger charge is 1.92. The number of nitrogens with zero attached hydrogens (tertiary/aromatic N) is 2. The van der Waals surface area contributed by atoms with Gasteiger partial charge in [0.15, 0.2) is 0 Å². The van der Waals surface area contributed by atoms with Crippen molar-refractivity contribution in [3.63, 3.8) is 0 Å². The number of rotatable bonds is 4. The first-order chi connectivity index (χ1) is 5.86. The molecule has 0 N–H and O–H groups in total. The van der Waals surface area contributed by atoms with E-state index in [1.165, 1.54) is 0 Å². The van der Waals surface area contributed by atoms with E-state index < -0.39 is 0 Å². The third-order valence-electron chi connectivity index (χ3n) is 1.51. The maximum Gasteiger partial charge on any atom is 0.0562 e. The van der Waals surface area contributed by atoms with Crippen LogP contribution in [0, 0.1) is 0 Å². The van der Waals surface area contributed by atoms with Gasteiger partial charge in [-0.15, -0.1) is 11.6 Å². The summed E-state index contributed by atoms with van der Waals surface area (Å²) in [6, 6.07) is 0. The summed E-state index contributed by atoms with van der Waals surface area (Å²) in [7, 11) is 0. The number of hydrogen-bond donors (Lipinski definition) is 0. The summed E-state index contributed by atoms with van der Waals surface area (Å²) in [5.74, 6) is 0.555. The molecule has 0 fully saturated rings. The van der Waals surface area contributed by atoms with Crippen LogP contribution in [0.15, 0.2) is 18.5 Å². The lowest BCUT2D eigenvalue weighted by atomic mass is 10.3. The van der Waals surface area contributed by atoms with Crippen LogP contribution in [0.4, 0.5) is 0 Å². The Morgan fingerprint density at radius 1 is 1.67 bits per heavy atom. The fourth-order valence-corrected chi connectivity index (χ4v) is 1.09. The molecule has 0 radical (unpaired) electrons. The molecule has 66 valence electrons. The molecule has 0 aliphatic heterocycles. The molecule has 1 aromatic heterocycles. The Kier molecular flexibility index (Phi) is 3.88. The second-order valence-electron chi connectivity index (χ2n) is 2.59. The standard InChI is InChI=1S/C9H13ClN2/c1-2-6-12-8-9(7-11-12)4-3-5-10/h3-4,7-8H,2,5-6H2,1H3. The number of aryl methyl sites for hydroxylation is 1. The lowest BCUT2D eigenvalue weighted by Gasteiger charge is -1.93. The molecule has 1 heterocycles. The van der Waals surface area contributed by atoms with Gasteiger partial charge in [0.05, 0.1) is 6.20 Å². The maximum absolute atomic E-state index is 5.51. The van der Waals surface area contributed by atoms with Crippen molar-refractivity contribution in [1.29, 1.82) is 0 Å². The van der Waals surface area contributed by atoms with Gasteiger partial charge in [0, 0.05) is 24.2 Å². The molecule has 0 atom stereocenters. The Labute approximate surface area is 77.8 Å². The lowest BCUT2D eigenvalue weighted by molar-refractivity contribution is 0.602. The second-order valence-corrected chi connectivity index (χ2v) is 2.90. The van der Waals surface area contributed by atoms with Gasteiger partial charge in [0.25, 0.3) is 0 Å². The molecule has 0 aliphatic carbocycles. The van der Waals surface area contributed by atoms with E-state index >= 15 is 0 Å². The third kappa shape index (κ3) is 2.70. The first-order valence-electron chi connectivity index (χ1n) is 4.11. The van der Waals surface area contributed by atoms with Crippen LogP contribution >= 0.6 is 11.6 Å². The van der Waals surface area contributed by atoms with Crippen LogP contribution in [0.2, 0.25) is 0 Å². The molecule has 0 saturated heterocycles. The van der Waals surface area contributed by atoms with E-state index in [-0.39, 0.29) is 0 Å². The minimum absolute atomic E-state index is 0.555. The van der Waals surface area contributed by atoms with Crippen LogP contribution in [0.5, 0.6) is 0 Å². The van der Waals surface area contributed by atoms with E-state index in [1.54, 1.807) is 0 Å². The van der Waals surface area contributed by atoms with Gasteiger partial charge in [-0.3, -0.25) is 4.68 Å². The molecule has 0 spiro atoms. The van der Waals surface area contributed by atoms with Crippen LogP contribution in [0.3, 0.4) is 0 Å². The highest BCUT2D eigenvalue weighted by Crippen LogP contribution is 2.01. The number of hydrogen-bond acceptors (Lipinski definition) is 1. The normalized spacial score (nSPS) is 11.2. The Balaban J connectivity index is 2.57. The fraction of sp³-hybridized carbons (Fsp3) is 0.444. The minimum Gasteiger partial charge on any atom is -0.272 e. The molecule has 2 nitrogen and oxygen atoms in total. The van der Waals surface area contributed by atoms with Crippen molar-refractivity contribution in [3.8, 4) is 0 Å². The van der Waals surface area contributed by atoms with Crippen LogP contribution in [-0.4, -0.2) is 15.7 Å². The van der Waals surface area contributed by atoms with Crippen LogP contribution in [-0.2, 0) is 6.54 Å². The molecule has 0 aromatic carbocycles. The Morgan fingerprint density at radius 2 is 2.50 bits per heavy atom. The van der Waals surface area contributed by atoms with E-state index in [0.717, 1.165) is 18.5 Å². The second kappa shape index (κ2) is 4.99. The quantitative estimate of drug-likeness (QED) is 0.658. The summed E-state index contributed by atoms with van der Waals surface area (Å²) < 4.78 is 1.94. The minimum atomic E-state index is 0.555.